The normalized spacial score (nSPS) is 17.5. The molecule has 5 nitrogen and oxygen atoms in total. The van der Waals surface area contributed by atoms with Crippen molar-refractivity contribution < 1.29 is 4.79 Å². The number of carbonyl (C=O) groups is 1. The van der Waals surface area contributed by atoms with E-state index in [1.807, 2.05) is 42.8 Å². The predicted molar refractivity (Wildman–Crippen MR) is 97.5 cm³/mol. The van der Waals surface area contributed by atoms with Crippen molar-refractivity contribution in [2.45, 2.75) is 17.9 Å². The highest BCUT2D eigenvalue weighted by molar-refractivity contribution is 7.98. The molecule has 1 aliphatic rings. The van der Waals surface area contributed by atoms with Gasteiger partial charge >= 0.3 is 0 Å². The van der Waals surface area contributed by atoms with Crippen LogP contribution in [0.3, 0.4) is 0 Å². The van der Waals surface area contributed by atoms with Crippen LogP contribution in [-0.4, -0.2) is 41.8 Å². The maximum Gasteiger partial charge on any atom is 0.251 e. The minimum Gasteiger partial charge on any atom is -0.355 e. The Labute approximate surface area is 146 Å². The van der Waals surface area contributed by atoms with E-state index in [1.165, 1.54) is 0 Å². The van der Waals surface area contributed by atoms with E-state index in [1.54, 1.807) is 18.0 Å². The Morgan fingerprint density at radius 2 is 2.17 bits per heavy atom. The van der Waals surface area contributed by atoms with Crippen molar-refractivity contribution >= 4 is 23.5 Å². The van der Waals surface area contributed by atoms with Crippen LogP contribution in [0, 0.1) is 5.92 Å². The molecule has 1 aromatic heterocycles. The van der Waals surface area contributed by atoms with Gasteiger partial charge in [-0.05, 0) is 37.1 Å². The van der Waals surface area contributed by atoms with E-state index < -0.39 is 0 Å². The van der Waals surface area contributed by atoms with Gasteiger partial charge in [-0.25, -0.2) is 4.98 Å². The van der Waals surface area contributed by atoms with Gasteiger partial charge in [0, 0.05) is 25.2 Å². The second-order valence-electron chi connectivity index (χ2n) is 5.95. The van der Waals surface area contributed by atoms with Crippen molar-refractivity contribution in [3.05, 3.63) is 48.3 Å². The Morgan fingerprint density at radius 3 is 2.96 bits per heavy atom. The highest BCUT2D eigenvalue weighted by Crippen LogP contribution is 2.22. The fourth-order valence-electron chi connectivity index (χ4n) is 2.96. The number of amides is 1. The highest BCUT2D eigenvalue weighted by Gasteiger charge is 2.22. The van der Waals surface area contributed by atoms with Crippen molar-refractivity contribution in [3.63, 3.8) is 0 Å². The number of rotatable bonds is 5. The summed E-state index contributed by atoms with van der Waals surface area (Å²) in [7, 11) is 0. The fraction of sp³-hybridized carbons (Fsp3) is 0.389. The number of carbonyl (C=O) groups excluding carboxylic acids is 1. The second kappa shape index (κ2) is 8.15. The lowest BCUT2D eigenvalue weighted by Crippen LogP contribution is -2.41. The molecule has 2 aromatic rings. The number of thioether (sulfide) groups is 1. The van der Waals surface area contributed by atoms with Crippen molar-refractivity contribution in [1.82, 2.24) is 15.3 Å². The maximum atomic E-state index is 12.2. The van der Waals surface area contributed by atoms with Gasteiger partial charge in [-0.2, -0.15) is 0 Å². The van der Waals surface area contributed by atoms with Crippen LogP contribution in [0.25, 0.3) is 0 Å². The number of nitrogens with zero attached hydrogens (tertiary/aromatic N) is 3. The molecule has 24 heavy (non-hydrogen) atoms. The predicted octanol–water partition coefficient (Wildman–Crippen LogP) is 2.84. The molecule has 3 rings (SSSR count). The molecule has 0 radical (unpaired) electrons. The zero-order valence-electron chi connectivity index (χ0n) is 13.8. The molecule has 1 amide bonds. The molecular weight excluding hydrogens is 320 g/mol. The van der Waals surface area contributed by atoms with Crippen LogP contribution >= 0.6 is 11.8 Å². The molecule has 1 aromatic carbocycles. The van der Waals surface area contributed by atoms with E-state index in [0.717, 1.165) is 36.8 Å². The topological polar surface area (TPSA) is 58.1 Å². The first-order chi connectivity index (χ1) is 11.8. The Kier molecular flexibility index (Phi) is 5.69. The number of hydrogen-bond donors (Lipinski definition) is 1. The van der Waals surface area contributed by atoms with Crippen LogP contribution in [0.1, 0.15) is 23.2 Å². The first-order valence-corrected chi connectivity index (χ1v) is 9.43. The zero-order chi connectivity index (χ0) is 16.8. The molecule has 0 spiro atoms. The summed E-state index contributed by atoms with van der Waals surface area (Å²) in [6.07, 6.45) is 7.85. The summed E-state index contributed by atoms with van der Waals surface area (Å²) < 4.78 is 0. The Morgan fingerprint density at radius 1 is 1.33 bits per heavy atom. The molecule has 1 atom stereocenters. The van der Waals surface area contributed by atoms with Gasteiger partial charge in [0.25, 0.3) is 5.91 Å². The summed E-state index contributed by atoms with van der Waals surface area (Å²) in [4.78, 5) is 23.4. The van der Waals surface area contributed by atoms with Gasteiger partial charge in [0.2, 0.25) is 0 Å². The fourth-order valence-corrected chi connectivity index (χ4v) is 3.31. The third kappa shape index (κ3) is 4.26. The van der Waals surface area contributed by atoms with Crippen LogP contribution in [0.4, 0.5) is 5.82 Å². The van der Waals surface area contributed by atoms with Crippen molar-refractivity contribution in [3.8, 4) is 0 Å². The van der Waals surface area contributed by atoms with Gasteiger partial charge in [0.1, 0.15) is 10.8 Å². The summed E-state index contributed by atoms with van der Waals surface area (Å²) >= 11 is 1.60. The van der Waals surface area contributed by atoms with Crippen LogP contribution in [0.15, 0.2) is 47.8 Å². The SMILES string of the molecule is CSc1cncc(N2CCC[C@@H](CNC(=O)c3ccccc3)C2)n1. The lowest BCUT2D eigenvalue weighted by molar-refractivity contribution is 0.0945. The number of nitrogens with one attached hydrogen (secondary N) is 1. The van der Waals surface area contributed by atoms with Gasteiger partial charge in [-0.1, -0.05) is 18.2 Å². The quantitative estimate of drug-likeness (QED) is 0.847. The van der Waals surface area contributed by atoms with E-state index in [-0.39, 0.29) is 5.91 Å². The number of anilines is 1. The van der Waals surface area contributed by atoms with Crippen molar-refractivity contribution in [1.29, 1.82) is 0 Å². The minimum atomic E-state index is -0.00287. The molecule has 0 unspecified atom stereocenters. The summed E-state index contributed by atoms with van der Waals surface area (Å²) in [5, 5.41) is 3.99. The zero-order valence-corrected chi connectivity index (χ0v) is 14.6. The van der Waals surface area contributed by atoms with Gasteiger partial charge in [0.05, 0.1) is 12.4 Å². The molecule has 0 bridgehead atoms. The number of hydrogen-bond acceptors (Lipinski definition) is 5. The Bertz CT molecular complexity index is 680. The number of piperidine rings is 1. The summed E-state index contributed by atoms with van der Waals surface area (Å²) in [6, 6.07) is 9.36. The number of aromatic nitrogens is 2. The molecule has 126 valence electrons. The van der Waals surface area contributed by atoms with Crippen LogP contribution < -0.4 is 10.2 Å². The van der Waals surface area contributed by atoms with E-state index >= 15 is 0 Å². The third-order valence-corrected chi connectivity index (χ3v) is 4.85. The van der Waals surface area contributed by atoms with Gasteiger partial charge in [0.15, 0.2) is 0 Å². The second-order valence-corrected chi connectivity index (χ2v) is 6.78. The molecule has 1 N–H and O–H groups in total. The average molecular weight is 342 g/mol. The smallest absolute Gasteiger partial charge is 0.251 e. The first-order valence-electron chi connectivity index (χ1n) is 8.20. The minimum absolute atomic E-state index is 0.00287. The third-order valence-electron chi connectivity index (χ3n) is 4.24. The van der Waals surface area contributed by atoms with E-state index in [9.17, 15) is 4.79 Å². The molecule has 1 saturated heterocycles. The first kappa shape index (κ1) is 16.8. The molecule has 0 aliphatic carbocycles. The molecule has 1 fully saturated rings. The lowest BCUT2D eigenvalue weighted by atomic mass is 9.98. The molecule has 0 saturated carbocycles. The summed E-state index contributed by atoms with van der Waals surface area (Å²) in [6.45, 7) is 2.59. The van der Waals surface area contributed by atoms with Gasteiger partial charge < -0.3 is 10.2 Å². The molecular formula is C18H22N4OS. The Balaban J connectivity index is 1.56. The largest absolute Gasteiger partial charge is 0.355 e. The van der Waals surface area contributed by atoms with Crippen molar-refractivity contribution in [2.24, 2.45) is 5.92 Å². The van der Waals surface area contributed by atoms with E-state index in [0.29, 0.717) is 18.0 Å². The summed E-state index contributed by atoms with van der Waals surface area (Å²) in [5.41, 5.74) is 0.712. The monoisotopic (exact) mass is 342 g/mol. The standard InChI is InChI=1S/C18H22N4OS/c1-24-17-12-19-11-16(21-17)22-9-5-6-14(13-22)10-20-18(23)15-7-3-2-4-8-15/h2-4,7-8,11-12,14H,5-6,9-10,13H2,1H3,(H,20,23)/t14-/m0/s1. The van der Waals surface area contributed by atoms with Crippen molar-refractivity contribution in [2.75, 3.05) is 30.8 Å². The molecule has 6 heteroatoms. The molecule has 1 aliphatic heterocycles. The molecule has 2 heterocycles. The average Bonchev–Trinajstić information content (AvgIpc) is 2.67. The van der Waals surface area contributed by atoms with Crippen LogP contribution in [0.5, 0.6) is 0 Å². The van der Waals surface area contributed by atoms with Crippen LogP contribution in [-0.2, 0) is 0 Å². The van der Waals surface area contributed by atoms with Gasteiger partial charge in [-0.15, -0.1) is 11.8 Å². The van der Waals surface area contributed by atoms with Gasteiger partial charge in [-0.3, -0.25) is 9.78 Å². The van der Waals surface area contributed by atoms with E-state index in [2.05, 4.69) is 20.2 Å². The van der Waals surface area contributed by atoms with E-state index in [4.69, 9.17) is 0 Å². The van der Waals surface area contributed by atoms with Crippen LogP contribution in [0.2, 0.25) is 0 Å². The maximum absolute atomic E-state index is 12.2. The lowest BCUT2D eigenvalue weighted by Gasteiger charge is -2.33. The Hall–Kier alpha value is -2.08. The highest BCUT2D eigenvalue weighted by atomic mass is 32.2. The summed E-state index contributed by atoms with van der Waals surface area (Å²) in [5.74, 6) is 1.36. The number of benzene rings is 1.